The Morgan fingerprint density at radius 3 is 2.62 bits per heavy atom. The highest BCUT2D eigenvalue weighted by atomic mass is 79.9. The van der Waals surface area contributed by atoms with Gasteiger partial charge in [0, 0.05) is 11.9 Å². The van der Waals surface area contributed by atoms with Gasteiger partial charge >= 0.3 is 0 Å². The fraction of sp³-hybridized carbons (Fsp3) is 0.667. The zero-order valence-electron chi connectivity index (χ0n) is 8.14. The normalized spacial score (nSPS) is 13.3. The van der Waals surface area contributed by atoms with Gasteiger partial charge in [0.15, 0.2) is 0 Å². The molecule has 1 heterocycles. The summed E-state index contributed by atoms with van der Waals surface area (Å²) in [5, 5.41) is 5.07. The van der Waals surface area contributed by atoms with E-state index in [1.807, 2.05) is 18.7 Å². The Labute approximate surface area is 92.4 Å². The van der Waals surface area contributed by atoms with Crippen molar-refractivity contribution >= 4 is 27.5 Å². The van der Waals surface area contributed by atoms with Crippen molar-refractivity contribution in [1.82, 2.24) is 9.78 Å². The first-order valence-electron chi connectivity index (χ1n) is 4.34. The van der Waals surface area contributed by atoms with Gasteiger partial charge in [0.05, 0.1) is 16.4 Å². The van der Waals surface area contributed by atoms with Crippen LogP contribution in [0.25, 0.3) is 0 Å². The molecule has 2 nitrogen and oxygen atoms in total. The zero-order valence-corrected chi connectivity index (χ0v) is 10.5. The van der Waals surface area contributed by atoms with Crippen molar-refractivity contribution in [3.05, 3.63) is 16.4 Å². The van der Waals surface area contributed by atoms with Crippen LogP contribution in [0, 0.1) is 6.92 Å². The van der Waals surface area contributed by atoms with Gasteiger partial charge in [-0.15, -0.1) is 0 Å². The average molecular weight is 266 g/mol. The maximum Gasteiger partial charge on any atom is 0.0846 e. The molecular weight excluding hydrogens is 251 g/mol. The molecular formula is C9H14BrClN2. The monoisotopic (exact) mass is 264 g/mol. The number of halogens is 2. The fourth-order valence-corrected chi connectivity index (χ4v) is 1.77. The zero-order chi connectivity index (χ0) is 10.0. The van der Waals surface area contributed by atoms with Crippen molar-refractivity contribution < 1.29 is 0 Å². The van der Waals surface area contributed by atoms with E-state index in [9.17, 15) is 0 Å². The van der Waals surface area contributed by atoms with Crippen LogP contribution in [0.2, 0.25) is 5.02 Å². The van der Waals surface area contributed by atoms with Gasteiger partial charge in [-0.3, -0.25) is 4.68 Å². The van der Waals surface area contributed by atoms with Crippen LogP contribution in [-0.4, -0.2) is 14.6 Å². The van der Waals surface area contributed by atoms with Gasteiger partial charge in [0.25, 0.3) is 0 Å². The molecule has 0 fully saturated rings. The van der Waals surface area contributed by atoms with E-state index in [1.54, 1.807) is 0 Å². The second-order valence-electron chi connectivity index (χ2n) is 3.29. The molecule has 0 aromatic carbocycles. The van der Waals surface area contributed by atoms with E-state index in [0.29, 0.717) is 4.83 Å². The van der Waals surface area contributed by atoms with Crippen LogP contribution in [0.4, 0.5) is 0 Å². The molecule has 0 bridgehead atoms. The van der Waals surface area contributed by atoms with Crippen LogP contribution in [0.15, 0.2) is 0 Å². The highest BCUT2D eigenvalue weighted by molar-refractivity contribution is 9.09. The summed E-state index contributed by atoms with van der Waals surface area (Å²) in [4.78, 5) is 0.527. The second-order valence-corrected chi connectivity index (χ2v) is 5.23. The number of nitrogens with zero attached hydrogens (tertiary/aromatic N) is 2. The highest BCUT2D eigenvalue weighted by Gasteiger charge is 2.11. The smallest absolute Gasteiger partial charge is 0.0846 e. The van der Waals surface area contributed by atoms with Crippen LogP contribution < -0.4 is 0 Å². The summed E-state index contributed by atoms with van der Waals surface area (Å²) in [7, 11) is 1.94. The van der Waals surface area contributed by atoms with E-state index in [-0.39, 0.29) is 0 Å². The van der Waals surface area contributed by atoms with E-state index in [2.05, 4.69) is 28.0 Å². The number of aromatic nitrogens is 2. The van der Waals surface area contributed by atoms with Crippen LogP contribution >= 0.6 is 27.5 Å². The SMILES string of the molecule is Cc1nn(C)c(CCC(C)Br)c1Cl. The van der Waals surface area contributed by atoms with Crippen LogP contribution in [-0.2, 0) is 13.5 Å². The van der Waals surface area contributed by atoms with Crippen LogP contribution in [0.1, 0.15) is 24.7 Å². The number of aryl methyl sites for hydroxylation is 2. The molecule has 1 unspecified atom stereocenters. The standard InChI is InChI=1S/C9H14BrClN2/c1-6(10)4-5-8-9(11)7(2)12-13(8)3/h6H,4-5H2,1-3H3. The van der Waals surface area contributed by atoms with Gasteiger partial charge < -0.3 is 0 Å². The Kier molecular flexibility index (Phi) is 3.80. The van der Waals surface area contributed by atoms with Crippen molar-refractivity contribution in [2.24, 2.45) is 7.05 Å². The second kappa shape index (κ2) is 4.47. The summed E-state index contributed by atoms with van der Waals surface area (Å²) in [6, 6.07) is 0. The molecule has 0 aliphatic rings. The van der Waals surface area contributed by atoms with Crippen molar-refractivity contribution in [2.45, 2.75) is 31.5 Å². The molecule has 1 aromatic heterocycles. The van der Waals surface area contributed by atoms with Crippen molar-refractivity contribution in [3.63, 3.8) is 0 Å². The van der Waals surface area contributed by atoms with Gasteiger partial charge in [-0.1, -0.05) is 34.5 Å². The predicted octanol–water partition coefficient (Wildman–Crippen LogP) is 3.10. The Balaban J connectivity index is 2.76. The van der Waals surface area contributed by atoms with E-state index in [1.165, 1.54) is 0 Å². The van der Waals surface area contributed by atoms with Crippen LogP contribution in [0.5, 0.6) is 0 Å². The minimum atomic E-state index is 0.527. The third-order valence-corrected chi connectivity index (χ3v) is 2.99. The molecule has 1 aromatic rings. The fourth-order valence-electron chi connectivity index (χ4n) is 1.29. The molecule has 0 aliphatic heterocycles. The van der Waals surface area contributed by atoms with Gasteiger partial charge in [-0.05, 0) is 19.8 Å². The molecule has 1 atom stereocenters. The third-order valence-electron chi connectivity index (χ3n) is 2.04. The lowest BCUT2D eigenvalue weighted by molar-refractivity contribution is 0.679. The van der Waals surface area contributed by atoms with Gasteiger partial charge in [0.1, 0.15) is 0 Å². The predicted molar refractivity (Wildman–Crippen MR) is 59.7 cm³/mol. The quantitative estimate of drug-likeness (QED) is 0.768. The van der Waals surface area contributed by atoms with Gasteiger partial charge in [-0.25, -0.2) is 0 Å². The van der Waals surface area contributed by atoms with E-state index in [0.717, 1.165) is 29.3 Å². The van der Waals surface area contributed by atoms with Crippen molar-refractivity contribution in [1.29, 1.82) is 0 Å². The molecule has 0 aliphatic carbocycles. The maximum atomic E-state index is 6.10. The molecule has 4 heteroatoms. The largest absolute Gasteiger partial charge is 0.271 e. The molecule has 13 heavy (non-hydrogen) atoms. The first-order chi connectivity index (χ1) is 6.02. The molecule has 0 saturated carbocycles. The topological polar surface area (TPSA) is 17.8 Å². The molecule has 74 valence electrons. The number of hydrogen-bond acceptors (Lipinski definition) is 1. The Hall–Kier alpha value is -0.0200. The first kappa shape index (κ1) is 11.1. The lowest BCUT2D eigenvalue weighted by atomic mass is 10.2. The summed E-state index contributed by atoms with van der Waals surface area (Å²) in [6.45, 7) is 4.07. The molecule has 0 saturated heterocycles. The Morgan fingerprint density at radius 2 is 2.23 bits per heavy atom. The number of alkyl halides is 1. The van der Waals surface area contributed by atoms with Gasteiger partial charge in [0.2, 0.25) is 0 Å². The number of hydrogen-bond donors (Lipinski definition) is 0. The maximum absolute atomic E-state index is 6.10. The summed E-state index contributed by atoms with van der Waals surface area (Å²) < 4.78 is 1.87. The third kappa shape index (κ3) is 2.71. The summed E-state index contributed by atoms with van der Waals surface area (Å²) in [5.41, 5.74) is 2.05. The summed E-state index contributed by atoms with van der Waals surface area (Å²) in [5.74, 6) is 0. The van der Waals surface area contributed by atoms with E-state index in [4.69, 9.17) is 11.6 Å². The number of rotatable bonds is 3. The van der Waals surface area contributed by atoms with E-state index < -0.39 is 0 Å². The van der Waals surface area contributed by atoms with Gasteiger partial charge in [-0.2, -0.15) is 5.10 Å². The summed E-state index contributed by atoms with van der Waals surface area (Å²) in [6.07, 6.45) is 2.06. The Bertz CT molecular complexity index is 294. The molecule has 0 N–H and O–H groups in total. The minimum absolute atomic E-state index is 0.527. The molecule has 0 radical (unpaired) electrons. The molecule has 0 spiro atoms. The lowest BCUT2D eigenvalue weighted by Gasteiger charge is -2.04. The molecule has 0 amide bonds. The highest BCUT2D eigenvalue weighted by Crippen LogP contribution is 2.21. The summed E-state index contributed by atoms with van der Waals surface area (Å²) >= 11 is 9.61. The Morgan fingerprint density at radius 1 is 1.62 bits per heavy atom. The first-order valence-corrected chi connectivity index (χ1v) is 5.63. The molecule has 1 rings (SSSR count). The van der Waals surface area contributed by atoms with Crippen molar-refractivity contribution in [3.8, 4) is 0 Å². The minimum Gasteiger partial charge on any atom is -0.271 e. The lowest BCUT2D eigenvalue weighted by Crippen LogP contribution is -2.01. The average Bonchev–Trinajstić information content (AvgIpc) is 2.24. The van der Waals surface area contributed by atoms with Crippen molar-refractivity contribution in [2.75, 3.05) is 0 Å². The van der Waals surface area contributed by atoms with E-state index >= 15 is 0 Å². The van der Waals surface area contributed by atoms with Crippen LogP contribution in [0.3, 0.4) is 0 Å².